The third kappa shape index (κ3) is 4.49. The van der Waals surface area contributed by atoms with E-state index in [-0.39, 0.29) is 0 Å². The normalized spacial score (nSPS) is 14.6. The molecule has 1 N–H and O–H groups in total. The molecule has 0 unspecified atom stereocenters. The van der Waals surface area contributed by atoms with Gasteiger partial charge < -0.3 is 14.4 Å². The first-order chi connectivity index (χ1) is 16.0. The van der Waals surface area contributed by atoms with Crippen LogP contribution in [0.25, 0.3) is 28.2 Å². The van der Waals surface area contributed by atoms with Gasteiger partial charge in [-0.25, -0.2) is 9.59 Å². The van der Waals surface area contributed by atoms with Crippen molar-refractivity contribution in [2.75, 3.05) is 7.11 Å². The molecule has 0 bridgehead atoms. The molecule has 0 aliphatic heterocycles. The third-order valence-electron chi connectivity index (χ3n) is 6.52. The zero-order valence-corrected chi connectivity index (χ0v) is 18.9. The van der Waals surface area contributed by atoms with Crippen molar-refractivity contribution >= 4 is 28.9 Å². The molecule has 1 heterocycles. The molecule has 0 radical (unpaired) electrons. The van der Waals surface area contributed by atoms with E-state index in [4.69, 9.17) is 9.84 Å². The SMILES string of the molecule is C=Cc1ccccc1-c1c(C2CCCCC2)c2ccc(C(=O)OC)cc2n1CC=CC(=O)O. The standard InChI is InChI=1S/C28H29NO4/c1-3-19-10-7-8-13-22(19)27-26(20-11-5-4-6-12-20)23-16-15-21(28(32)33-2)18-24(23)29(27)17-9-14-25(30)31/h3,7-10,13-16,18,20H,1,4-6,11-12,17H2,2H3,(H,30,31). The van der Waals surface area contributed by atoms with E-state index in [1.807, 2.05) is 42.5 Å². The molecule has 5 heteroatoms. The van der Waals surface area contributed by atoms with E-state index < -0.39 is 11.9 Å². The van der Waals surface area contributed by atoms with Crippen molar-refractivity contribution in [3.8, 4) is 11.3 Å². The molecule has 0 spiro atoms. The van der Waals surface area contributed by atoms with Crippen LogP contribution < -0.4 is 0 Å². The summed E-state index contributed by atoms with van der Waals surface area (Å²) in [6, 6.07) is 13.8. The average Bonchev–Trinajstić information content (AvgIpc) is 3.17. The second-order valence-electron chi connectivity index (χ2n) is 8.46. The molecule has 5 nitrogen and oxygen atoms in total. The lowest BCUT2D eigenvalue weighted by atomic mass is 9.81. The lowest BCUT2D eigenvalue weighted by molar-refractivity contribution is -0.131. The Morgan fingerprint density at radius 3 is 2.61 bits per heavy atom. The van der Waals surface area contributed by atoms with E-state index in [1.54, 1.807) is 6.08 Å². The first-order valence-corrected chi connectivity index (χ1v) is 11.4. The predicted octanol–water partition coefficient (Wildman–Crippen LogP) is 6.43. The van der Waals surface area contributed by atoms with E-state index in [1.165, 1.54) is 38.0 Å². The molecule has 1 aliphatic rings. The number of esters is 1. The zero-order chi connectivity index (χ0) is 23.4. The Morgan fingerprint density at radius 2 is 1.91 bits per heavy atom. The van der Waals surface area contributed by atoms with Crippen molar-refractivity contribution in [2.45, 2.75) is 44.6 Å². The fraction of sp³-hybridized carbons (Fsp3) is 0.286. The summed E-state index contributed by atoms with van der Waals surface area (Å²) < 4.78 is 7.09. The molecule has 0 amide bonds. The number of carbonyl (C=O) groups excluding carboxylic acids is 1. The molecule has 1 aromatic heterocycles. The molecule has 3 aromatic rings. The van der Waals surface area contributed by atoms with Gasteiger partial charge in [-0.05, 0) is 42.0 Å². The highest BCUT2D eigenvalue weighted by molar-refractivity contribution is 5.99. The monoisotopic (exact) mass is 443 g/mol. The van der Waals surface area contributed by atoms with E-state index in [2.05, 4.69) is 17.2 Å². The number of nitrogens with zero attached hydrogens (tertiary/aromatic N) is 1. The van der Waals surface area contributed by atoms with Gasteiger partial charge in [0.25, 0.3) is 0 Å². The number of ether oxygens (including phenoxy) is 1. The third-order valence-corrected chi connectivity index (χ3v) is 6.52. The fourth-order valence-electron chi connectivity index (χ4n) is 5.06. The number of benzene rings is 2. The number of hydrogen-bond acceptors (Lipinski definition) is 3. The van der Waals surface area contributed by atoms with Gasteiger partial charge in [-0.15, -0.1) is 0 Å². The van der Waals surface area contributed by atoms with Gasteiger partial charge in [-0.2, -0.15) is 0 Å². The highest BCUT2D eigenvalue weighted by atomic mass is 16.5. The second-order valence-corrected chi connectivity index (χ2v) is 8.46. The number of fused-ring (bicyclic) bond motifs is 1. The van der Waals surface area contributed by atoms with E-state index in [0.717, 1.165) is 40.6 Å². The van der Waals surface area contributed by atoms with Crippen molar-refractivity contribution in [1.82, 2.24) is 4.57 Å². The molecule has 1 aliphatic carbocycles. The molecule has 170 valence electrons. The molecule has 0 atom stereocenters. The predicted molar refractivity (Wildman–Crippen MR) is 131 cm³/mol. The lowest BCUT2D eigenvalue weighted by Crippen LogP contribution is -2.07. The quantitative estimate of drug-likeness (QED) is 0.338. The number of rotatable bonds is 7. The highest BCUT2D eigenvalue weighted by Crippen LogP contribution is 2.45. The smallest absolute Gasteiger partial charge is 0.337 e. The summed E-state index contributed by atoms with van der Waals surface area (Å²) in [5.74, 6) is -0.969. The van der Waals surface area contributed by atoms with Crippen LogP contribution in [0.3, 0.4) is 0 Å². The number of aromatic nitrogens is 1. The minimum atomic E-state index is -0.984. The van der Waals surface area contributed by atoms with Crippen LogP contribution in [-0.2, 0) is 16.1 Å². The molecule has 33 heavy (non-hydrogen) atoms. The number of carboxylic acid groups (broad SMARTS) is 1. The molecular formula is C28H29NO4. The van der Waals surface area contributed by atoms with E-state index in [0.29, 0.717) is 18.0 Å². The number of carbonyl (C=O) groups is 2. The first-order valence-electron chi connectivity index (χ1n) is 11.4. The van der Waals surface area contributed by atoms with Crippen LogP contribution in [0.5, 0.6) is 0 Å². The number of hydrogen-bond donors (Lipinski definition) is 1. The Hall–Kier alpha value is -3.60. The van der Waals surface area contributed by atoms with Crippen LogP contribution in [0.15, 0.2) is 61.2 Å². The molecule has 0 saturated heterocycles. The van der Waals surface area contributed by atoms with E-state index >= 15 is 0 Å². The average molecular weight is 444 g/mol. The van der Waals surface area contributed by atoms with Crippen LogP contribution in [0.4, 0.5) is 0 Å². The zero-order valence-electron chi connectivity index (χ0n) is 18.9. The Labute approximate surface area is 194 Å². The van der Waals surface area contributed by atoms with E-state index in [9.17, 15) is 9.59 Å². The maximum absolute atomic E-state index is 12.3. The number of aliphatic carboxylic acids is 1. The van der Waals surface area contributed by atoms with Crippen molar-refractivity contribution in [3.63, 3.8) is 0 Å². The Morgan fingerprint density at radius 1 is 1.15 bits per heavy atom. The second kappa shape index (κ2) is 9.90. The van der Waals surface area contributed by atoms with Crippen molar-refractivity contribution in [3.05, 3.63) is 77.9 Å². The van der Waals surface area contributed by atoms with Crippen molar-refractivity contribution < 1.29 is 19.4 Å². The topological polar surface area (TPSA) is 68.5 Å². The van der Waals surface area contributed by atoms with Gasteiger partial charge in [0.05, 0.1) is 18.4 Å². The summed E-state index contributed by atoms with van der Waals surface area (Å²) >= 11 is 0. The van der Waals surface area contributed by atoms with Crippen LogP contribution >= 0.6 is 0 Å². The fourth-order valence-corrected chi connectivity index (χ4v) is 5.06. The van der Waals surface area contributed by atoms with Crippen LogP contribution in [0.1, 0.15) is 59.5 Å². The molecule has 1 fully saturated rings. The highest BCUT2D eigenvalue weighted by Gasteiger charge is 2.27. The summed E-state index contributed by atoms with van der Waals surface area (Å²) in [4.78, 5) is 23.5. The summed E-state index contributed by atoms with van der Waals surface area (Å²) in [6.07, 6.45) is 10.5. The number of allylic oxidation sites excluding steroid dienone is 1. The summed E-state index contributed by atoms with van der Waals surface area (Å²) in [5, 5.41) is 10.3. The number of carboxylic acids is 1. The van der Waals surface area contributed by atoms with Gasteiger partial charge in [0, 0.05) is 29.1 Å². The largest absolute Gasteiger partial charge is 0.478 e. The summed E-state index contributed by atoms with van der Waals surface area (Å²) in [6.45, 7) is 4.39. The van der Waals surface area contributed by atoms with Crippen LogP contribution in [0, 0.1) is 0 Å². The molecular weight excluding hydrogens is 414 g/mol. The van der Waals surface area contributed by atoms with Crippen LogP contribution in [0.2, 0.25) is 0 Å². The summed E-state index contributed by atoms with van der Waals surface area (Å²) in [5.41, 5.74) is 5.82. The van der Waals surface area contributed by atoms with Crippen LogP contribution in [-0.4, -0.2) is 28.7 Å². The maximum Gasteiger partial charge on any atom is 0.337 e. The Bertz CT molecular complexity index is 1230. The molecule has 1 saturated carbocycles. The maximum atomic E-state index is 12.3. The van der Waals surface area contributed by atoms with Crippen molar-refractivity contribution in [1.29, 1.82) is 0 Å². The molecule has 4 rings (SSSR count). The Kier molecular flexibility index (Phi) is 6.78. The minimum Gasteiger partial charge on any atom is -0.478 e. The van der Waals surface area contributed by atoms with Gasteiger partial charge >= 0.3 is 11.9 Å². The summed E-state index contributed by atoms with van der Waals surface area (Å²) in [7, 11) is 1.38. The number of methoxy groups -OCH3 is 1. The minimum absolute atomic E-state index is 0.376. The van der Waals surface area contributed by atoms with Gasteiger partial charge in [0.2, 0.25) is 0 Å². The Balaban J connectivity index is 2.05. The lowest BCUT2D eigenvalue weighted by Gasteiger charge is -2.24. The van der Waals surface area contributed by atoms with Gasteiger partial charge in [0.15, 0.2) is 0 Å². The van der Waals surface area contributed by atoms with Gasteiger partial charge in [-0.3, -0.25) is 0 Å². The van der Waals surface area contributed by atoms with Crippen molar-refractivity contribution in [2.24, 2.45) is 0 Å². The first kappa shape index (κ1) is 22.6. The van der Waals surface area contributed by atoms with Gasteiger partial charge in [-0.1, -0.05) is 68.3 Å². The molecule has 2 aromatic carbocycles. The van der Waals surface area contributed by atoms with Gasteiger partial charge in [0.1, 0.15) is 0 Å².